The Balaban J connectivity index is 1.92. The molecule has 3 rings (SSSR count). The van der Waals surface area contributed by atoms with Crippen LogP contribution in [0.25, 0.3) is 23.1 Å². The van der Waals surface area contributed by atoms with Gasteiger partial charge < -0.3 is 4.42 Å². The molecule has 0 radical (unpaired) electrons. The second kappa shape index (κ2) is 4.30. The maximum atomic E-state index is 5.38. The molecule has 0 saturated heterocycles. The molecule has 0 N–H and O–H groups in total. The highest BCUT2D eigenvalue weighted by Gasteiger charge is 1.96. The third-order valence-corrected chi connectivity index (χ3v) is 2.75. The molecule has 17 heavy (non-hydrogen) atoms. The predicted octanol–water partition coefficient (Wildman–Crippen LogP) is 4.60. The van der Waals surface area contributed by atoms with Gasteiger partial charge in [0, 0.05) is 5.39 Å². The minimum Gasteiger partial charge on any atom is -0.464 e. The molecule has 1 heteroatoms. The zero-order valence-corrected chi connectivity index (χ0v) is 9.34. The number of hydrogen-bond acceptors (Lipinski definition) is 1. The molecule has 0 unspecified atom stereocenters. The quantitative estimate of drug-likeness (QED) is 0.575. The van der Waals surface area contributed by atoms with Gasteiger partial charge in [0.2, 0.25) is 0 Å². The van der Waals surface area contributed by atoms with Gasteiger partial charge in [-0.2, -0.15) is 0 Å². The normalized spacial score (nSPS) is 11.3. The van der Waals surface area contributed by atoms with Gasteiger partial charge in [0.1, 0.15) is 5.58 Å². The number of furan rings is 1. The number of rotatable bonds is 2. The van der Waals surface area contributed by atoms with Gasteiger partial charge in [-0.15, -0.1) is 0 Å². The first kappa shape index (κ1) is 9.91. The van der Waals surface area contributed by atoms with Crippen molar-refractivity contribution in [3.8, 4) is 0 Å². The molecule has 0 aliphatic rings. The van der Waals surface area contributed by atoms with Gasteiger partial charge in [-0.1, -0.05) is 54.6 Å². The molecule has 0 saturated carbocycles. The van der Waals surface area contributed by atoms with Gasteiger partial charge in [-0.05, 0) is 23.3 Å². The van der Waals surface area contributed by atoms with E-state index < -0.39 is 0 Å². The van der Waals surface area contributed by atoms with Crippen LogP contribution in [0.1, 0.15) is 11.1 Å². The van der Waals surface area contributed by atoms with Crippen molar-refractivity contribution in [1.29, 1.82) is 0 Å². The summed E-state index contributed by atoms with van der Waals surface area (Å²) in [5, 5.41) is 1.14. The lowest BCUT2D eigenvalue weighted by atomic mass is 10.1. The lowest BCUT2D eigenvalue weighted by molar-refractivity contribution is 0.616. The second-order valence-electron chi connectivity index (χ2n) is 3.96. The van der Waals surface area contributed by atoms with Crippen LogP contribution >= 0.6 is 0 Å². The summed E-state index contributed by atoms with van der Waals surface area (Å²) in [6.45, 7) is 0. The molecule has 0 spiro atoms. The molecule has 0 atom stereocenters. The Morgan fingerprint density at radius 1 is 0.765 bits per heavy atom. The van der Waals surface area contributed by atoms with Gasteiger partial charge in [0.05, 0.1) is 6.26 Å². The Morgan fingerprint density at radius 3 is 2.47 bits per heavy atom. The largest absolute Gasteiger partial charge is 0.464 e. The summed E-state index contributed by atoms with van der Waals surface area (Å²) in [5.41, 5.74) is 3.28. The fraction of sp³-hybridized carbons (Fsp3) is 0. The van der Waals surface area contributed by atoms with Crippen LogP contribution in [0.5, 0.6) is 0 Å². The summed E-state index contributed by atoms with van der Waals surface area (Å²) in [5.74, 6) is 0. The Hall–Kier alpha value is -2.28. The van der Waals surface area contributed by atoms with Crippen LogP contribution in [0, 0.1) is 0 Å². The maximum absolute atomic E-state index is 5.38. The molecule has 1 nitrogen and oxygen atoms in total. The van der Waals surface area contributed by atoms with Crippen LogP contribution in [-0.2, 0) is 0 Å². The minimum absolute atomic E-state index is 0.931. The summed E-state index contributed by atoms with van der Waals surface area (Å²) in [6.07, 6.45) is 5.91. The third kappa shape index (κ3) is 2.13. The SMILES string of the molecule is C(=Cc1ccc2ccoc2c1)c1ccccc1. The lowest BCUT2D eigenvalue weighted by Crippen LogP contribution is -1.72. The molecule has 0 aliphatic heterocycles. The predicted molar refractivity (Wildman–Crippen MR) is 71.6 cm³/mol. The molecule has 0 bridgehead atoms. The average Bonchev–Trinajstić information content (AvgIpc) is 2.85. The van der Waals surface area contributed by atoms with E-state index in [2.05, 4.69) is 42.5 Å². The van der Waals surface area contributed by atoms with Gasteiger partial charge in [0.15, 0.2) is 0 Å². The smallest absolute Gasteiger partial charge is 0.134 e. The van der Waals surface area contributed by atoms with E-state index in [-0.39, 0.29) is 0 Å². The molecule has 2 aromatic carbocycles. The van der Waals surface area contributed by atoms with E-state index in [1.165, 1.54) is 5.56 Å². The number of fused-ring (bicyclic) bond motifs is 1. The molecule has 1 aromatic heterocycles. The topological polar surface area (TPSA) is 13.1 Å². The first-order valence-electron chi connectivity index (χ1n) is 5.62. The Bertz CT molecular complexity index is 647. The van der Waals surface area contributed by atoms with Crippen LogP contribution in [-0.4, -0.2) is 0 Å². The van der Waals surface area contributed by atoms with E-state index >= 15 is 0 Å². The van der Waals surface area contributed by atoms with Crippen molar-refractivity contribution >= 4 is 23.1 Å². The maximum Gasteiger partial charge on any atom is 0.134 e. The van der Waals surface area contributed by atoms with Crippen molar-refractivity contribution in [3.63, 3.8) is 0 Å². The van der Waals surface area contributed by atoms with E-state index in [0.717, 1.165) is 16.5 Å². The summed E-state index contributed by atoms with van der Waals surface area (Å²) < 4.78 is 5.38. The van der Waals surface area contributed by atoms with Gasteiger partial charge in [-0.3, -0.25) is 0 Å². The number of hydrogen-bond donors (Lipinski definition) is 0. The Labute approximate surface area is 100 Å². The first-order chi connectivity index (χ1) is 8.42. The van der Waals surface area contributed by atoms with Crippen LogP contribution in [0.15, 0.2) is 65.3 Å². The molecule has 0 aliphatic carbocycles. The molecule has 0 amide bonds. The van der Waals surface area contributed by atoms with E-state index in [1.54, 1.807) is 6.26 Å². The van der Waals surface area contributed by atoms with Crippen molar-refractivity contribution in [2.24, 2.45) is 0 Å². The van der Waals surface area contributed by atoms with Gasteiger partial charge in [0.25, 0.3) is 0 Å². The molecule has 3 aromatic rings. The van der Waals surface area contributed by atoms with Crippen LogP contribution in [0.4, 0.5) is 0 Å². The minimum atomic E-state index is 0.931. The van der Waals surface area contributed by atoms with Crippen molar-refractivity contribution in [1.82, 2.24) is 0 Å². The fourth-order valence-electron chi connectivity index (χ4n) is 1.83. The third-order valence-electron chi connectivity index (χ3n) is 2.75. The standard InChI is InChI=1S/C16H12O/c1-2-4-13(5-3-1)6-7-14-8-9-15-10-11-17-16(15)12-14/h1-12H. The van der Waals surface area contributed by atoms with Crippen molar-refractivity contribution in [2.45, 2.75) is 0 Å². The van der Waals surface area contributed by atoms with Crippen LogP contribution in [0.3, 0.4) is 0 Å². The fourth-order valence-corrected chi connectivity index (χ4v) is 1.83. The molecular weight excluding hydrogens is 208 g/mol. The molecule has 0 fully saturated rings. The van der Waals surface area contributed by atoms with E-state index in [1.807, 2.05) is 24.3 Å². The monoisotopic (exact) mass is 220 g/mol. The van der Waals surface area contributed by atoms with Gasteiger partial charge >= 0.3 is 0 Å². The van der Waals surface area contributed by atoms with E-state index in [0.29, 0.717) is 0 Å². The Morgan fingerprint density at radius 2 is 1.59 bits per heavy atom. The van der Waals surface area contributed by atoms with Crippen molar-refractivity contribution in [2.75, 3.05) is 0 Å². The van der Waals surface area contributed by atoms with E-state index in [4.69, 9.17) is 4.42 Å². The molecule has 1 heterocycles. The second-order valence-corrected chi connectivity index (χ2v) is 3.96. The van der Waals surface area contributed by atoms with Crippen LogP contribution < -0.4 is 0 Å². The highest BCUT2D eigenvalue weighted by atomic mass is 16.3. The summed E-state index contributed by atoms with van der Waals surface area (Å²) in [7, 11) is 0. The Kier molecular flexibility index (Phi) is 2.51. The van der Waals surface area contributed by atoms with Crippen molar-refractivity contribution in [3.05, 3.63) is 72.0 Å². The van der Waals surface area contributed by atoms with Gasteiger partial charge in [-0.25, -0.2) is 0 Å². The van der Waals surface area contributed by atoms with Crippen LogP contribution in [0.2, 0.25) is 0 Å². The van der Waals surface area contributed by atoms with Crippen molar-refractivity contribution < 1.29 is 4.42 Å². The molecule has 82 valence electrons. The summed E-state index contributed by atoms with van der Waals surface area (Å²) in [4.78, 5) is 0. The first-order valence-corrected chi connectivity index (χ1v) is 5.62. The summed E-state index contributed by atoms with van der Waals surface area (Å²) >= 11 is 0. The summed E-state index contributed by atoms with van der Waals surface area (Å²) in [6, 6.07) is 18.5. The average molecular weight is 220 g/mol. The lowest BCUT2D eigenvalue weighted by Gasteiger charge is -1.94. The highest BCUT2D eigenvalue weighted by Crippen LogP contribution is 2.18. The number of benzene rings is 2. The highest BCUT2D eigenvalue weighted by molar-refractivity contribution is 5.81. The molecular formula is C16H12O. The zero-order chi connectivity index (χ0) is 11.5. The van der Waals surface area contributed by atoms with E-state index in [9.17, 15) is 0 Å². The zero-order valence-electron chi connectivity index (χ0n) is 9.34.